The van der Waals surface area contributed by atoms with Gasteiger partial charge in [0.15, 0.2) is 11.5 Å². The molecule has 0 spiro atoms. The second kappa shape index (κ2) is 5.41. The summed E-state index contributed by atoms with van der Waals surface area (Å²) < 4.78 is 10.8. The maximum Gasteiger partial charge on any atom is 0.161 e. The van der Waals surface area contributed by atoms with Crippen molar-refractivity contribution in [3.8, 4) is 11.5 Å². The molecule has 0 saturated carbocycles. The smallest absolute Gasteiger partial charge is 0.161 e. The molecule has 1 aromatic carbocycles. The predicted octanol–water partition coefficient (Wildman–Crippen LogP) is 3.14. The first-order chi connectivity index (χ1) is 7.90. The van der Waals surface area contributed by atoms with E-state index in [0.29, 0.717) is 6.61 Å². The van der Waals surface area contributed by atoms with E-state index in [-0.39, 0.29) is 11.5 Å². The molecule has 0 unspecified atom stereocenters. The Morgan fingerprint density at radius 1 is 1.24 bits per heavy atom. The van der Waals surface area contributed by atoms with Crippen molar-refractivity contribution in [2.45, 2.75) is 33.7 Å². The molecule has 17 heavy (non-hydrogen) atoms. The Morgan fingerprint density at radius 3 is 2.35 bits per heavy atom. The van der Waals surface area contributed by atoms with Crippen molar-refractivity contribution in [3.63, 3.8) is 0 Å². The molecule has 2 N–H and O–H groups in total. The molecule has 0 saturated heterocycles. The zero-order chi connectivity index (χ0) is 13.1. The average Bonchev–Trinajstić information content (AvgIpc) is 2.28. The highest BCUT2D eigenvalue weighted by atomic mass is 16.5. The first-order valence-corrected chi connectivity index (χ1v) is 5.96. The van der Waals surface area contributed by atoms with Crippen molar-refractivity contribution in [3.05, 3.63) is 23.8 Å². The second-order valence-corrected chi connectivity index (χ2v) is 5.19. The van der Waals surface area contributed by atoms with E-state index in [1.165, 1.54) is 0 Å². The van der Waals surface area contributed by atoms with E-state index in [1.54, 1.807) is 7.11 Å². The van der Waals surface area contributed by atoms with Crippen LogP contribution in [0.4, 0.5) is 0 Å². The van der Waals surface area contributed by atoms with Gasteiger partial charge in [-0.3, -0.25) is 0 Å². The Labute approximate surface area is 104 Å². The third-order valence-corrected chi connectivity index (χ3v) is 2.78. The van der Waals surface area contributed by atoms with Crippen LogP contribution in [0.3, 0.4) is 0 Å². The van der Waals surface area contributed by atoms with Crippen LogP contribution in [0.5, 0.6) is 11.5 Å². The minimum absolute atomic E-state index is 0.0212. The lowest BCUT2D eigenvalue weighted by Gasteiger charge is -2.27. The van der Waals surface area contributed by atoms with Crippen LogP contribution in [-0.2, 0) is 0 Å². The van der Waals surface area contributed by atoms with E-state index >= 15 is 0 Å². The van der Waals surface area contributed by atoms with Crippen LogP contribution < -0.4 is 15.2 Å². The fourth-order valence-electron chi connectivity index (χ4n) is 1.65. The lowest BCUT2D eigenvalue weighted by molar-refractivity contribution is 0.306. The average molecular weight is 237 g/mol. The monoisotopic (exact) mass is 237 g/mol. The normalized spacial score (nSPS) is 13.3. The molecular formula is C14H23NO2. The minimum Gasteiger partial charge on any atom is -0.493 e. The molecular weight excluding hydrogens is 214 g/mol. The maximum atomic E-state index is 6.22. The summed E-state index contributed by atoms with van der Waals surface area (Å²) in [4.78, 5) is 0. The molecule has 0 bridgehead atoms. The second-order valence-electron chi connectivity index (χ2n) is 5.19. The van der Waals surface area contributed by atoms with Gasteiger partial charge in [0.1, 0.15) is 0 Å². The lowest BCUT2D eigenvalue weighted by Crippen LogP contribution is -2.26. The molecule has 3 nitrogen and oxygen atoms in total. The number of rotatable bonds is 4. The van der Waals surface area contributed by atoms with Crippen molar-refractivity contribution in [1.82, 2.24) is 0 Å². The first kappa shape index (κ1) is 13.8. The van der Waals surface area contributed by atoms with Gasteiger partial charge in [-0.25, -0.2) is 0 Å². The molecule has 0 amide bonds. The number of hydrogen-bond acceptors (Lipinski definition) is 3. The van der Waals surface area contributed by atoms with Crippen LogP contribution in [-0.4, -0.2) is 13.7 Å². The highest BCUT2D eigenvalue weighted by Crippen LogP contribution is 2.35. The third kappa shape index (κ3) is 3.37. The Hall–Kier alpha value is -1.22. The summed E-state index contributed by atoms with van der Waals surface area (Å²) in [6.45, 7) is 8.96. The van der Waals surface area contributed by atoms with Crippen LogP contribution in [0.25, 0.3) is 0 Å². The first-order valence-electron chi connectivity index (χ1n) is 5.96. The highest BCUT2D eigenvalue weighted by Gasteiger charge is 2.23. The van der Waals surface area contributed by atoms with Crippen LogP contribution in [0.15, 0.2) is 18.2 Å². The zero-order valence-corrected chi connectivity index (χ0v) is 11.4. The number of benzene rings is 1. The number of methoxy groups -OCH3 is 1. The van der Waals surface area contributed by atoms with Crippen molar-refractivity contribution in [2.75, 3.05) is 13.7 Å². The molecule has 3 heteroatoms. The topological polar surface area (TPSA) is 44.5 Å². The van der Waals surface area contributed by atoms with E-state index in [0.717, 1.165) is 17.1 Å². The van der Waals surface area contributed by atoms with Gasteiger partial charge in [-0.2, -0.15) is 0 Å². The number of ether oxygens (including phenoxy) is 2. The highest BCUT2D eigenvalue weighted by molar-refractivity contribution is 5.44. The van der Waals surface area contributed by atoms with E-state index < -0.39 is 0 Å². The summed E-state index contributed by atoms with van der Waals surface area (Å²) >= 11 is 0. The van der Waals surface area contributed by atoms with Crippen LogP contribution >= 0.6 is 0 Å². The summed E-state index contributed by atoms with van der Waals surface area (Å²) in [6.07, 6.45) is 0. The quantitative estimate of drug-likeness (QED) is 0.875. The van der Waals surface area contributed by atoms with Crippen LogP contribution in [0, 0.1) is 5.41 Å². The van der Waals surface area contributed by atoms with E-state index in [2.05, 4.69) is 20.8 Å². The van der Waals surface area contributed by atoms with Gasteiger partial charge in [-0.05, 0) is 30.0 Å². The number of nitrogens with two attached hydrogens (primary N) is 1. The van der Waals surface area contributed by atoms with Gasteiger partial charge in [0.05, 0.1) is 13.7 Å². The Morgan fingerprint density at radius 2 is 1.88 bits per heavy atom. The van der Waals surface area contributed by atoms with Crippen molar-refractivity contribution in [1.29, 1.82) is 0 Å². The number of hydrogen-bond donors (Lipinski definition) is 1. The molecule has 0 aliphatic rings. The van der Waals surface area contributed by atoms with Crippen molar-refractivity contribution in [2.24, 2.45) is 11.1 Å². The fourth-order valence-corrected chi connectivity index (χ4v) is 1.65. The zero-order valence-electron chi connectivity index (χ0n) is 11.4. The fraction of sp³-hybridized carbons (Fsp3) is 0.571. The summed E-state index contributed by atoms with van der Waals surface area (Å²) in [7, 11) is 1.64. The molecule has 0 aliphatic heterocycles. The van der Waals surface area contributed by atoms with E-state index in [4.69, 9.17) is 15.2 Å². The maximum absolute atomic E-state index is 6.22. The Balaban J connectivity index is 3.05. The third-order valence-electron chi connectivity index (χ3n) is 2.78. The summed E-state index contributed by atoms with van der Waals surface area (Å²) in [6, 6.07) is 5.86. The summed E-state index contributed by atoms with van der Waals surface area (Å²) in [5.41, 5.74) is 7.32. The molecule has 0 aromatic heterocycles. The van der Waals surface area contributed by atoms with Gasteiger partial charge in [-0.1, -0.05) is 26.8 Å². The van der Waals surface area contributed by atoms with Crippen molar-refractivity contribution >= 4 is 0 Å². The van der Waals surface area contributed by atoms with Gasteiger partial charge in [-0.15, -0.1) is 0 Å². The van der Waals surface area contributed by atoms with Gasteiger partial charge >= 0.3 is 0 Å². The molecule has 0 aliphatic carbocycles. The molecule has 0 radical (unpaired) electrons. The lowest BCUT2D eigenvalue weighted by atomic mass is 9.83. The SMILES string of the molecule is CCOc1ccc([C@H](N)C(C)(C)C)cc1OC. The molecule has 1 atom stereocenters. The van der Waals surface area contributed by atoms with E-state index in [1.807, 2.05) is 25.1 Å². The van der Waals surface area contributed by atoms with Crippen molar-refractivity contribution < 1.29 is 9.47 Å². The molecule has 1 rings (SSSR count). The van der Waals surface area contributed by atoms with Gasteiger partial charge in [0.2, 0.25) is 0 Å². The van der Waals surface area contributed by atoms with Crippen LogP contribution in [0.1, 0.15) is 39.3 Å². The molecule has 1 aromatic rings. The van der Waals surface area contributed by atoms with Gasteiger partial charge in [0, 0.05) is 6.04 Å². The van der Waals surface area contributed by atoms with Gasteiger partial charge in [0.25, 0.3) is 0 Å². The minimum atomic E-state index is -0.0212. The standard InChI is InChI=1S/C14H23NO2/c1-6-17-11-8-7-10(9-12(11)16-5)13(15)14(2,3)4/h7-9,13H,6,15H2,1-5H3/t13-/m0/s1. The Kier molecular flexibility index (Phi) is 4.40. The largest absolute Gasteiger partial charge is 0.493 e. The van der Waals surface area contributed by atoms with Crippen LogP contribution in [0.2, 0.25) is 0 Å². The molecule has 0 heterocycles. The summed E-state index contributed by atoms with van der Waals surface area (Å²) in [5.74, 6) is 1.50. The predicted molar refractivity (Wildman–Crippen MR) is 70.5 cm³/mol. The molecule has 0 fully saturated rings. The van der Waals surface area contributed by atoms with Gasteiger partial charge < -0.3 is 15.2 Å². The van der Waals surface area contributed by atoms with E-state index in [9.17, 15) is 0 Å². The molecule has 96 valence electrons. The Bertz CT molecular complexity index is 369. The summed E-state index contributed by atoms with van der Waals surface area (Å²) in [5, 5.41) is 0.